The van der Waals surface area contributed by atoms with Crippen molar-refractivity contribution < 1.29 is 9.50 Å². The Morgan fingerprint density at radius 3 is 2.62 bits per heavy atom. The summed E-state index contributed by atoms with van der Waals surface area (Å²) >= 11 is 0. The number of hydrogen-bond donors (Lipinski definition) is 2. The third kappa shape index (κ3) is 3.21. The maximum absolute atomic E-state index is 13.9. The lowest BCUT2D eigenvalue weighted by Crippen LogP contribution is -2.35. The van der Waals surface area contributed by atoms with Gasteiger partial charge in [-0.2, -0.15) is 0 Å². The molecule has 4 aromatic rings. The van der Waals surface area contributed by atoms with E-state index < -0.39 is 0 Å². The smallest absolute Gasteiger partial charge is 0.123 e. The van der Waals surface area contributed by atoms with Crippen molar-refractivity contribution in [2.24, 2.45) is 7.05 Å². The van der Waals surface area contributed by atoms with Crippen LogP contribution < -0.4 is 4.90 Å². The summed E-state index contributed by atoms with van der Waals surface area (Å²) in [5.74, 6) is -0.226. The van der Waals surface area contributed by atoms with Gasteiger partial charge in [-0.25, -0.2) is 4.39 Å². The van der Waals surface area contributed by atoms with Crippen LogP contribution in [0.1, 0.15) is 12.8 Å². The number of aromatic amines is 1. The molecule has 4 nitrogen and oxygen atoms in total. The molecule has 0 unspecified atom stereocenters. The van der Waals surface area contributed by atoms with Gasteiger partial charge in [0, 0.05) is 72.0 Å². The number of fused-ring (bicyclic) bond motifs is 1. The van der Waals surface area contributed by atoms with Gasteiger partial charge in [0.25, 0.3) is 0 Å². The largest absolute Gasteiger partial charge is 0.393 e. The second-order valence-electron chi connectivity index (χ2n) is 7.87. The Hall–Kier alpha value is -3.05. The summed E-state index contributed by atoms with van der Waals surface area (Å²) in [4.78, 5) is 5.57. The molecule has 3 heterocycles. The van der Waals surface area contributed by atoms with Gasteiger partial charge in [0.15, 0.2) is 0 Å². The van der Waals surface area contributed by atoms with Crippen molar-refractivity contribution in [3.8, 4) is 22.3 Å². The number of piperidine rings is 1. The summed E-state index contributed by atoms with van der Waals surface area (Å²) in [7, 11) is 1.99. The van der Waals surface area contributed by atoms with Crippen LogP contribution in [-0.2, 0) is 7.05 Å². The summed E-state index contributed by atoms with van der Waals surface area (Å²) in [6, 6.07) is 13.5. The van der Waals surface area contributed by atoms with E-state index in [2.05, 4.69) is 40.3 Å². The molecule has 5 rings (SSSR count). The minimum absolute atomic E-state index is 0.183. The highest BCUT2D eigenvalue weighted by Crippen LogP contribution is 2.38. The lowest BCUT2D eigenvalue weighted by atomic mass is 9.98. The average Bonchev–Trinajstić information content (AvgIpc) is 3.33. The normalized spacial score (nSPS) is 15.3. The molecule has 2 aromatic heterocycles. The zero-order chi connectivity index (χ0) is 20.0. The number of halogens is 1. The topological polar surface area (TPSA) is 44.2 Å². The number of aromatic nitrogens is 2. The van der Waals surface area contributed by atoms with Crippen LogP contribution >= 0.6 is 0 Å². The van der Waals surface area contributed by atoms with Crippen LogP contribution in [0.25, 0.3) is 33.2 Å². The zero-order valence-corrected chi connectivity index (χ0v) is 16.4. The van der Waals surface area contributed by atoms with Gasteiger partial charge in [-0.3, -0.25) is 0 Å². The first-order valence-electron chi connectivity index (χ1n) is 10.1. The van der Waals surface area contributed by atoms with Crippen LogP contribution in [0.3, 0.4) is 0 Å². The van der Waals surface area contributed by atoms with Gasteiger partial charge in [-0.15, -0.1) is 0 Å². The zero-order valence-electron chi connectivity index (χ0n) is 16.4. The quantitative estimate of drug-likeness (QED) is 0.521. The molecule has 0 spiro atoms. The van der Waals surface area contributed by atoms with Crippen molar-refractivity contribution in [2.45, 2.75) is 18.9 Å². The van der Waals surface area contributed by atoms with Gasteiger partial charge in [0.1, 0.15) is 5.82 Å². The molecule has 148 valence electrons. The van der Waals surface area contributed by atoms with Crippen LogP contribution in [0.2, 0.25) is 0 Å². The Bertz CT molecular complexity index is 1170. The number of nitrogens with zero attached hydrogens (tertiary/aromatic N) is 2. The maximum Gasteiger partial charge on any atom is 0.123 e. The standard InChI is InChI=1S/C24H24FN3O/c1-27-15-23(20-12-17(25)5-6-24(20)27)22-14-26-13-21(22)16-3-2-4-18(11-16)28-9-7-19(29)8-10-28/h2-6,11-15,19,26,29H,7-10H2,1H3. The molecule has 0 amide bonds. The molecule has 1 fully saturated rings. The third-order valence-electron chi connectivity index (χ3n) is 5.97. The van der Waals surface area contributed by atoms with Crippen LogP contribution in [0.5, 0.6) is 0 Å². The second-order valence-corrected chi connectivity index (χ2v) is 7.87. The van der Waals surface area contributed by atoms with Gasteiger partial charge in [-0.05, 0) is 48.7 Å². The fourth-order valence-electron chi connectivity index (χ4n) is 4.40. The molecular weight excluding hydrogens is 365 g/mol. The molecule has 0 atom stereocenters. The Kier molecular flexibility index (Phi) is 4.40. The fourth-order valence-corrected chi connectivity index (χ4v) is 4.40. The van der Waals surface area contributed by atoms with Crippen LogP contribution in [0.4, 0.5) is 10.1 Å². The van der Waals surface area contributed by atoms with Crippen molar-refractivity contribution >= 4 is 16.6 Å². The SMILES string of the molecule is Cn1cc(-c2c[nH]cc2-c2cccc(N3CCC(O)CC3)c2)c2cc(F)ccc21. The average molecular weight is 389 g/mol. The van der Waals surface area contributed by atoms with E-state index in [-0.39, 0.29) is 11.9 Å². The summed E-state index contributed by atoms with van der Waals surface area (Å²) in [5, 5.41) is 10.7. The summed E-state index contributed by atoms with van der Waals surface area (Å²) in [6.07, 6.45) is 7.48. The molecule has 0 bridgehead atoms. The fraction of sp³-hybridized carbons (Fsp3) is 0.250. The molecule has 2 aromatic carbocycles. The van der Waals surface area contributed by atoms with E-state index in [0.717, 1.165) is 59.1 Å². The Labute approximate surface area is 169 Å². The van der Waals surface area contributed by atoms with E-state index in [1.807, 2.05) is 30.1 Å². The number of aliphatic hydroxyl groups is 1. The number of nitrogens with one attached hydrogen (secondary N) is 1. The molecule has 0 aliphatic carbocycles. The van der Waals surface area contributed by atoms with Gasteiger partial charge >= 0.3 is 0 Å². The first kappa shape index (κ1) is 18.0. The predicted molar refractivity (Wildman–Crippen MR) is 116 cm³/mol. The Balaban J connectivity index is 1.57. The van der Waals surface area contributed by atoms with Crippen LogP contribution in [0, 0.1) is 5.82 Å². The van der Waals surface area contributed by atoms with Crippen molar-refractivity contribution in [1.29, 1.82) is 0 Å². The summed E-state index contributed by atoms with van der Waals surface area (Å²) < 4.78 is 16.0. The van der Waals surface area contributed by atoms with E-state index in [9.17, 15) is 9.50 Å². The van der Waals surface area contributed by atoms with Crippen LogP contribution in [-0.4, -0.2) is 33.9 Å². The highest BCUT2D eigenvalue weighted by Gasteiger charge is 2.19. The van der Waals surface area contributed by atoms with E-state index in [0.29, 0.717) is 0 Å². The van der Waals surface area contributed by atoms with E-state index >= 15 is 0 Å². The first-order chi connectivity index (χ1) is 14.1. The van der Waals surface area contributed by atoms with Gasteiger partial charge in [0.2, 0.25) is 0 Å². The number of anilines is 1. The lowest BCUT2D eigenvalue weighted by Gasteiger charge is -2.31. The number of H-pyrrole nitrogens is 1. The molecule has 1 aliphatic rings. The maximum atomic E-state index is 13.9. The van der Waals surface area contributed by atoms with Gasteiger partial charge < -0.3 is 19.6 Å². The van der Waals surface area contributed by atoms with Gasteiger partial charge in [-0.1, -0.05) is 12.1 Å². The molecule has 5 heteroatoms. The molecule has 1 saturated heterocycles. The Morgan fingerprint density at radius 1 is 1.00 bits per heavy atom. The number of aliphatic hydroxyl groups excluding tert-OH is 1. The molecule has 1 aliphatic heterocycles. The van der Waals surface area contributed by atoms with Crippen molar-refractivity contribution in [1.82, 2.24) is 9.55 Å². The van der Waals surface area contributed by atoms with Gasteiger partial charge in [0.05, 0.1) is 6.10 Å². The lowest BCUT2D eigenvalue weighted by molar-refractivity contribution is 0.145. The molecule has 0 saturated carbocycles. The minimum atomic E-state index is -0.226. The van der Waals surface area contributed by atoms with Crippen molar-refractivity contribution in [3.05, 3.63) is 66.9 Å². The van der Waals surface area contributed by atoms with Crippen molar-refractivity contribution in [2.75, 3.05) is 18.0 Å². The van der Waals surface area contributed by atoms with Crippen molar-refractivity contribution in [3.63, 3.8) is 0 Å². The Morgan fingerprint density at radius 2 is 1.79 bits per heavy atom. The number of hydrogen-bond acceptors (Lipinski definition) is 2. The minimum Gasteiger partial charge on any atom is -0.393 e. The molecule has 0 radical (unpaired) electrons. The van der Waals surface area contributed by atoms with E-state index in [4.69, 9.17) is 0 Å². The molecule has 29 heavy (non-hydrogen) atoms. The van der Waals surface area contributed by atoms with Crippen LogP contribution in [0.15, 0.2) is 61.1 Å². The highest BCUT2D eigenvalue weighted by molar-refractivity contribution is 6.00. The monoisotopic (exact) mass is 389 g/mol. The predicted octanol–water partition coefficient (Wildman–Crippen LogP) is 4.94. The molecular formula is C24H24FN3O. The van der Waals surface area contributed by atoms with E-state index in [1.165, 1.54) is 11.8 Å². The summed E-state index contributed by atoms with van der Waals surface area (Å²) in [5.41, 5.74) is 6.48. The number of benzene rings is 2. The number of aryl methyl sites for hydroxylation is 1. The summed E-state index contributed by atoms with van der Waals surface area (Å²) in [6.45, 7) is 1.74. The highest BCUT2D eigenvalue weighted by atomic mass is 19.1. The number of rotatable bonds is 3. The molecule has 2 N–H and O–H groups in total. The third-order valence-corrected chi connectivity index (χ3v) is 5.97. The second kappa shape index (κ2) is 7.08. The first-order valence-corrected chi connectivity index (χ1v) is 10.1. The van der Waals surface area contributed by atoms with E-state index in [1.54, 1.807) is 6.07 Å².